The maximum Gasteiger partial charge on any atom is 0.485 e. The number of hydrogen-bond acceptors (Lipinski definition) is 1. The number of rotatable bonds is 2. The average Bonchev–Trinajstić information content (AvgIpc) is 1.14. The van der Waals surface area contributed by atoms with Gasteiger partial charge in [0.25, 0.3) is 0 Å². The molecule has 0 aromatic carbocycles. The predicted octanol–water partition coefficient (Wildman–Crippen LogP) is 3.31. The van der Waals surface area contributed by atoms with Crippen LogP contribution in [0.1, 0.15) is 0 Å². The van der Waals surface area contributed by atoms with E-state index in [9.17, 15) is 0 Å². The van der Waals surface area contributed by atoms with E-state index >= 15 is 0 Å². The predicted molar refractivity (Wildman–Crippen MR) is 47.7 cm³/mol. The molecule has 1 nitrogen and oxygen atoms in total. The van der Waals surface area contributed by atoms with Gasteiger partial charge in [-0.3, -0.25) is 0 Å². The summed E-state index contributed by atoms with van der Waals surface area (Å²) in [5, 5.41) is 0. The quantitative estimate of drug-likeness (QED) is 0.558. The third-order valence-electron chi connectivity index (χ3n) is 0.231. The van der Waals surface area contributed by atoms with Crippen LogP contribution in [0.3, 0.4) is 0 Å². The van der Waals surface area contributed by atoms with Crippen LogP contribution >= 0.6 is 66.5 Å². The van der Waals surface area contributed by atoms with Crippen molar-refractivity contribution in [3.63, 3.8) is 0 Å². The average molecular weight is 285 g/mol. The molecule has 0 bridgehead atoms. The molecule has 0 unspecified atom stereocenters. The van der Waals surface area contributed by atoms with Crippen LogP contribution in [0.5, 0.6) is 0 Å². The van der Waals surface area contributed by atoms with Gasteiger partial charge in [0.1, 0.15) is 0 Å². The van der Waals surface area contributed by atoms with Crippen LogP contribution in [0.4, 0.5) is 0 Å². The fraction of sp³-hybridized carbons (Fsp3) is 0. The first-order valence-electron chi connectivity index (χ1n) is 1.54. The molecule has 0 spiro atoms. The molecule has 0 atom stereocenters. The molecule has 0 saturated carbocycles. The van der Waals surface area contributed by atoms with E-state index in [2.05, 4.69) is 4.12 Å². The molecule has 0 aliphatic heterocycles. The molecule has 0 aliphatic carbocycles. The molecular formula is Cl6OSi2. The van der Waals surface area contributed by atoms with Crippen LogP contribution in [0.25, 0.3) is 0 Å². The zero-order chi connectivity index (χ0) is 7.71. The summed E-state index contributed by atoms with van der Waals surface area (Å²) in [6.45, 7) is 0. The molecular weight excluding hydrogens is 285 g/mol. The largest absolute Gasteiger partial charge is 0.485 e. The minimum atomic E-state index is -3.21. The van der Waals surface area contributed by atoms with E-state index in [4.69, 9.17) is 66.5 Å². The van der Waals surface area contributed by atoms with Gasteiger partial charge >= 0.3 is 12.5 Å². The lowest BCUT2D eigenvalue weighted by molar-refractivity contribution is 0.644. The molecule has 0 amide bonds. The Morgan fingerprint density at radius 2 is 0.889 bits per heavy atom. The smallest absolute Gasteiger partial charge is 0.387 e. The number of halogens is 6. The summed E-state index contributed by atoms with van der Waals surface area (Å²) in [4.78, 5) is 0. The van der Waals surface area contributed by atoms with Crippen LogP contribution < -0.4 is 0 Å². The van der Waals surface area contributed by atoms with Crippen LogP contribution in [0, 0.1) is 0 Å². The minimum absolute atomic E-state index is 3.21. The van der Waals surface area contributed by atoms with Gasteiger partial charge in [-0.25, -0.2) is 0 Å². The minimum Gasteiger partial charge on any atom is -0.387 e. The summed E-state index contributed by atoms with van der Waals surface area (Å²) < 4.78 is 4.50. The Labute approximate surface area is 82.5 Å². The Balaban J connectivity index is 3.75. The zero-order valence-corrected chi connectivity index (χ0v) is 10.2. The second kappa shape index (κ2) is 3.69. The molecule has 0 N–H and O–H groups in total. The molecule has 0 saturated heterocycles. The van der Waals surface area contributed by atoms with Crippen molar-refractivity contribution in [1.29, 1.82) is 0 Å². The summed E-state index contributed by atoms with van der Waals surface area (Å²) in [6, 6.07) is 0. The first-order valence-corrected chi connectivity index (χ1v) is 11.4. The van der Waals surface area contributed by atoms with Crippen molar-refractivity contribution in [2.45, 2.75) is 0 Å². The highest BCUT2D eigenvalue weighted by Crippen LogP contribution is 2.32. The third kappa shape index (κ3) is 10.1. The summed E-state index contributed by atoms with van der Waals surface area (Å²) in [6.07, 6.45) is -6.42. The maximum absolute atomic E-state index is 5.25. The van der Waals surface area contributed by atoms with E-state index in [1.54, 1.807) is 0 Å². The van der Waals surface area contributed by atoms with Crippen molar-refractivity contribution in [1.82, 2.24) is 0 Å². The first-order chi connectivity index (χ1) is 3.71. The standard InChI is InChI=1S/Cl6OSi2/c1-8(2,3)7-9(4,5)6. The van der Waals surface area contributed by atoms with Gasteiger partial charge in [0.2, 0.25) is 0 Å². The van der Waals surface area contributed by atoms with Crippen LogP contribution in [-0.2, 0) is 4.12 Å². The Hall–Kier alpha value is 2.13. The highest BCUT2D eigenvalue weighted by molar-refractivity contribution is 7.69. The van der Waals surface area contributed by atoms with Gasteiger partial charge in [-0.2, -0.15) is 0 Å². The molecule has 0 heterocycles. The molecule has 0 aromatic rings. The Bertz CT molecular complexity index is 76.2. The van der Waals surface area contributed by atoms with Gasteiger partial charge in [-0.1, -0.05) is 66.5 Å². The normalized spacial score (nSPS) is 14.0. The monoisotopic (exact) mass is 282 g/mol. The van der Waals surface area contributed by atoms with E-state index in [0.29, 0.717) is 0 Å². The van der Waals surface area contributed by atoms with Crippen LogP contribution in [0.2, 0.25) is 0 Å². The fourth-order valence-corrected chi connectivity index (χ4v) is 10.6. The van der Waals surface area contributed by atoms with Crippen molar-refractivity contribution in [2.24, 2.45) is 0 Å². The second-order valence-corrected chi connectivity index (χ2v) is 16.7. The molecule has 56 valence electrons. The lowest BCUT2D eigenvalue weighted by Crippen LogP contribution is -2.29. The van der Waals surface area contributed by atoms with Gasteiger partial charge in [-0.15, -0.1) is 0 Å². The second-order valence-electron chi connectivity index (χ2n) is 0.994. The van der Waals surface area contributed by atoms with Crippen molar-refractivity contribution in [2.75, 3.05) is 0 Å². The Morgan fingerprint density at radius 1 is 0.667 bits per heavy atom. The molecule has 0 radical (unpaired) electrons. The van der Waals surface area contributed by atoms with E-state index < -0.39 is 12.5 Å². The Morgan fingerprint density at radius 3 is 0.889 bits per heavy atom. The zero-order valence-electron chi connectivity index (χ0n) is 3.68. The van der Waals surface area contributed by atoms with E-state index in [1.807, 2.05) is 0 Å². The molecule has 0 aromatic heterocycles. The van der Waals surface area contributed by atoms with Gasteiger partial charge in [0, 0.05) is 0 Å². The lowest BCUT2D eigenvalue weighted by atomic mass is 15.8. The van der Waals surface area contributed by atoms with Crippen LogP contribution in [0.15, 0.2) is 0 Å². The summed E-state index contributed by atoms with van der Waals surface area (Å²) >= 11 is 31.5. The first kappa shape index (κ1) is 11.1. The summed E-state index contributed by atoms with van der Waals surface area (Å²) in [5.41, 5.74) is 0. The van der Waals surface area contributed by atoms with Crippen LogP contribution in [-0.4, -0.2) is 12.5 Å². The lowest BCUT2D eigenvalue weighted by Gasteiger charge is -2.13. The highest BCUT2D eigenvalue weighted by atomic mass is 35.9. The van der Waals surface area contributed by atoms with Gasteiger partial charge in [0.05, 0.1) is 0 Å². The molecule has 0 aliphatic rings. The van der Waals surface area contributed by atoms with E-state index in [-0.39, 0.29) is 0 Å². The SMILES string of the molecule is Cl[Si](Cl)(Cl)O[Si](Cl)(Cl)Cl. The Kier molecular flexibility index (Phi) is 4.57. The van der Waals surface area contributed by atoms with Gasteiger partial charge in [-0.05, 0) is 0 Å². The topological polar surface area (TPSA) is 9.23 Å². The highest BCUT2D eigenvalue weighted by Gasteiger charge is 2.41. The number of hydrogen-bond donors (Lipinski definition) is 0. The molecule has 0 rings (SSSR count). The maximum atomic E-state index is 5.25. The van der Waals surface area contributed by atoms with E-state index in [0.717, 1.165) is 0 Å². The summed E-state index contributed by atoms with van der Waals surface area (Å²) in [7, 11) is 0. The third-order valence-corrected chi connectivity index (χ3v) is 6.25. The van der Waals surface area contributed by atoms with Crippen molar-refractivity contribution in [3.8, 4) is 0 Å². The summed E-state index contributed by atoms with van der Waals surface area (Å²) in [5.74, 6) is 0. The molecule has 9 heavy (non-hydrogen) atoms. The molecule has 9 heteroatoms. The van der Waals surface area contributed by atoms with Gasteiger partial charge < -0.3 is 4.12 Å². The molecule has 0 fully saturated rings. The van der Waals surface area contributed by atoms with Crippen molar-refractivity contribution < 1.29 is 4.12 Å². The van der Waals surface area contributed by atoms with Crippen molar-refractivity contribution >= 4 is 79.0 Å². The van der Waals surface area contributed by atoms with E-state index in [1.165, 1.54) is 0 Å². The fourth-order valence-electron chi connectivity index (χ4n) is 0.131. The van der Waals surface area contributed by atoms with Gasteiger partial charge in [0.15, 0.2) is 0 Å². The van der Waals surface area contributed by atoms with Crippen molar-refractivity contribution in [3.05, 3.63) is 0 Å².